The maximum absolute atomic E-state index is 12.5. The number of nitrogens with one attached hydrogen (secondary N) is 1. The second kappa shape index (κ2) is 7.58. The number of carbonyl (C=O) groups excluding carboxylic acids is 1. The summed E-state index contributed by atoms with van der Waals surface area (Å²) in [5.74, 6) is 0. The fraction of sp³-hybridized carbons (Fsp3) is 0.667. The molecule has 0 fully saturated rings. The Morgan fingerprint density at radius 1 is 1.54 bits per heavy atom. The van der Waals surface area contributed by atoms with E-state index in [1.807, 2.05) is 6.08 Å². The topological polar surface area (TPSA) is 32.3 Å². The molecule has 0 aliphatic heterocycles. The molecule has 0 bridgehead atoms. The second-order valence-corrected chi connectivity index (χ2v) is 2.67. The van der Waals surface area contributed by atoms with Gasteiger partial charge >= 0.3 is 6.03 Å². The van der Waals surface area contributed by atoms with E-state index in [-0.39, 0.29) is 11.7 Å². The Kier molecular flexibility index (Phi) is 6.96. The van der Waals surface area contributed by atoms with Gasteiger partial charge in [-0.3, -0.25) is 0 Å². The van der Waals surface area contributed by atoms with Gasteiger partial charge in [-0.15, -0.1) is 0 Å². The third-order valence-electron chi connectivity index (χ3n) is 1.55. The highest BCUT2D eigenvalue weighted by Gasteiger charge is 2.06. The number of hydrogen-bond donors (Lipinski definition) is 1. The van der Waals surface area contributed by atoms with Crippen molar-refractivity contribution in [3.63, 3.8) is 0 Å². The van der Waals surface area contributed by atoms with Crippen molar-refractivity contribution < 1.29 is 9.28 Å². The maximum atomic E-state index is 12.5. The van der Waals surface area contributed by atoms with Crippen molar-refractivity contribution in [2.75, 3.05) is 6.54 Å². The predicted molar refractivity (Wildman–Crippen MR) is 50.7 cm³/mol. The van der Waals surface area contributed by atoms with Crippen LogP contribution >= 0.6 is 0 Å². The number of hydrogen-bond acceptors (Lipinski definition) is 1. The molecular weight excluding hydrogens is 171 g/mol. The minimum absolute atomic E-state index is 0.0641. The van der Waals surface area contributed by atoms with Crippen LogP contribution < -0.4 is 5.32 Å². The summed E-state index contributed by atoms with van der Waals surface area (Å²) in [4.78, 5) is 10.8. The zero-order valence-electron chi connectivity index (χ0n) is 8.22. The molecule has 0 heterocycles. The summed E-state index contributed by atoms with van der Waals surface area (Å²) in [5, 5.41) is 2.45. The lowest BCUT2D eigenvalue weighted by Gasteiger charge is -2.07. The molecule has 0 saturated carbocycles. The number of carbonyl (C=O) groups is 1. The first-order valence-corrected chi connectivity index (χ1v) is 4.61. The van der Waals surface area contributed by atoms with Gasteiger partial charge in [0.1, 0.15) is 0 Å². The van der Waals surface area contributed by atoms with E-state index >= 15 is 0 Å². The van der Waals surface area contributed by atoms with Gasteiger partial charge in [-0.1, -0.05) is 30.3 Å². The number of amides is 2. The normalized spacial score (nSPS) is 10.4. The predicted octanol–water partition coefficient (Wildman–Crippen LogP) is 2.61. The Morgan fingerprint density at radius 2 is 2.23 bits per heavy atom. The molecule has 13 heavy (non-hydrogen) atoms. The SMILES string of the molecule is CCCC/C=C/NC(=O)N(F)CC. The summed E-state index contributed by atoms with van der Waals surface area (Å²) in [6.45, 7) is 3.72. The third kappa shape index (κ3) is 6.13. The first-order valence-electron chi connectivity index (χ1n) is 4.61. The minimum atomic E-state index is -0.713. The van der Waals surface area contributed by atoms with Gasteiger partial charge in [0.05, 0.1) is 6.54 Å². The van der Waals surface area contributed by atoms with Crippen molar-refractivity contribution in [2.45, 2.75) is 33.1 Å². The minimum Gasteiger partial charge on any atom is -0.313 e. The van der Waals surface area contributed by atoms with Crippen LogP contribution in [0.25, 0.3) is 0 Å². The highest BCUT2D eigenvalue weighted by Crippen LogP contribution is 1.94. The first-order chi connectivity index (χ1) is 6.22. The van der Waals surface area contributed by atoms with E-state index in [4.69, 9.17) is 0 Å². The highest BCUT2D eigenvalue weighted by molar-refractivity contribution is 5.73. The summed E-state index contributed by atoms with van der Waals surface area (Å²) in [6.07, 6.45) is 6.42. The summed E-state index contributed by atoms with van der Waals surface area (Å²) in [7, 11) is 0. The summed E-state index contributed by atoms with van der Waals surface area (Å²) >= 11 is 0. The smallest absolute Gasteiger partial charge is 0.313 e. The molecule has 2 amide bonds. The van der Waals surface area contributed by atoms with Crippen LogP contribution in [0.4, 0.5) is 9.28 Å². The van der Waals surface area contributed by atoms with Crippen LogP contribution in [0.2, 0.25) is 0 Å². The number of unbranched alkanes of at least 4 members (excludes halogenated alkanes) is 2. The van der Waals surface area contributed by atoms with Crippen molar-refractivity contribution in [3.8, 4) is 0 Å². The lowest BCUT2D eigenvalue weighted by Crippen LogP contribution is -2.30. The van der Waals surface area contributed by atoms with E-state index in [1.54, 1.807) is 6.92 Å². The second-order valence-electron chi connectivity index (χ2n) is 2.67. The molecule has 0 aliphatic rings. The van der Waals surface area contributed by atoms with E-state index < -0.39 is 6.03 Å². The zero-order valence-corrected chi connectivity index (χ0v) is 8.22. The summed E-state index contributed by atoms with van der Waals surface area (Å²) in [5.41, 5.74) is 0. The van der Waals surface area contributed by atoms with Crippen LogP contribution in [0.5, 0.6) is 0 Å². The van der Waals surface area contributed by atoms with Crippen molar-refractivity contribution in [3.05, 3.63) is 12.3 Å². The van der Waals surface area contributed by atoms with Gasteiger partial charge in [0.2, 0.25) is 0 Å². The molecule has 0 rings (SSSR count). The van der Waals surface area contributed by atoms with E-state index in [1.165, 1.54) is 6.20 Å². The van der Waals surface area contributed by atoms with Gasteiger partial charge in [0, 0.05) is 6.20 Å². The van der Waals surface area contributed by atoms with E-state index in [0.717, 1.165) is 19.3 Å². The molecule has 0 spiro atoms. The Labute approximate surface area is 78.5 Å². The largest absolute Gasteiger partial charge is 0.349 e. The van der Waals surface area contributed by atoms with Crippen LogP contribution in [0.15, 0.2) is 12.3 Å². The lowest BCUT2D eigenvalue weighted by molar-refractivity contribution is 0.0739. The number of rotatable bonds is 5. The number of nitrogens with zero attached hydrogens (tertiary/aromatic N) is 1. The fourth-order valence-corrected chi connectivity index (χ4v) is 0.749. The highest BCUT2D eigenvalue weighted by atomic mass is 19.2. The molecule has 3 nitrogen and oxygen atoms in total. The molecule has 4 heteroatoms. The van der Waals surface area contributed by atoms with Crippen LogP contribution in [0.1, 0.15) is 33.1 Å². The monoisotopic (exact) mass is 188 g/mol. The first kappa shape index (κ1) is 11.9. The summed E-state index contributed by atoms with van der Waals surface area (Å²) in [6, 6.07) is -0.713. The molecule has 0 aliphatic carbocycles. The molecule has 0 unspecified atom stereocenters. The van der Waals surface area contributed by atoms with E-state index in [9.17, 15) is 9.28 Å². The molecule has 0 radical (unpaired) electrons. The summed E-state index contributed by atoms with van der Waals surface area (Å²) < 4.78 is 12.5. The lowest BCUT2D eigenvalue weighted by atomic mass is 10.2. The van der Waals surface area contributed by atoms with Crippen molar-refractivity contribution >= 4 is 6.03 Å². The molecule has 0 aromatic rings. The van der Waals surface area contributed by atoms with Crippen molar-refractivity contribution in [1.82, 2.24) is 10.4 Å². The fourth-order valence-electron chi connectivity index (χ4n) is 0.749. The van der Waals surface area contributed by atoms with Crippen LogP contribution in [-0.4, -0.2) is 17.7 Å². The van der Waals surface area contributed by atoms with E-state index in [2.05, 4.69) is 12.2 Å². The van der Waals surface area contributed by atoms with Crippen molar-refractivity contribution in [2.24, 2.45) is 0 Å². The van der Waals surface area contributed by atoms with Crippen LogP contribution in [-0.2, 0) is 0 Å². The number of urea groups is 1. The van der Waals surface area contributed by atoms with Gasteiger partial charge < -0.3 is 5.32 Å². The number of allylic oxidation sites excluding steroid dienone is 1. The molecule has 0 aromatic carbocycles. The average molecular weight is 188 g/mol. The average Bonchev–Trinajstić information content (AvgIpc) is 2.16. The van der Waals surface area contributed by atoms with Gasteiger partial charge in [-0.2, -0.15) is 5.12 Å². The Bertz CT molecular complexity index is 171. The van der Waals surface area contributed by atoms with Crippen LogP contribution in [0, 0.1) is 0 Å². The molecule has 0 atom stereocenters. The Hall–Kier alpha value is -1.06. The van der Waals surface area contributed by atoms with Gasteiger partial charge in [-0.05, 0) is 13.3 Å². The molecule has 0 aromatic heterocycles. The van der Waals surface area contributed by atoms with Gasteiger partial charge in [-0.25, -0.2) is 4.79 Å². The van der Waals surface area contributed by atoms with Gasteiger partial charge in [0.25, 0.3) is 0 Å². The van der Waals surface area contributed by atoms with Crippen molar-refractivity contribution in [1.29, 1.82) is 0 Å². The molecule has 1 N–H and O–H groups in total. The Morgan fingerprint density at radius 3 is 2.77 bits per heavy atom. The maximum Gasteiger partial charge on any atom is 0.349 e. The molecule has 76 valence electrons. The van der Waals surface area contributed by atoms with Gasteiger partial charge in [0.15, 0.2) is 0 Å². The molecule has 0 saturated heterocycles. The Balaban J connectivity index is 3.51. The zero-order chi connectivity index (χ0) is 10.1. The third-order valence-corrected chi connectivity index (χ3v) is 1.55. The van der Waals surface area contributed by atoms with Crippen LogP contribution in [0.3, 0.4) is 0 Å². The number of halogens is 1. The quantitative estimate of drug-likeness (QED) is 0.522. The molecular formula is C9H17FN2O. The van der Waals surface area contributed by atoms with E-state index in [0.29, 0.717) is 0 Å². The standard InChI is InChI=1S/C9H17FN2O/c1-3-5-6-7-8-11-9(13)12(10)4-2/h7-8H,3-6H2,1-2H3,(H,11,13)/b8-7+.